The number of hydrogen-bond donors (Lipinski definition) is 3. The van der Waals surface area contributed by atoms with Gasteiger partial charge in [0.1, 0.15) is 0 Å². The molecule has 0 aromatic carbocycles. The lowest BCUT2D eigenvalue weighted by atomic mass is 10.4. The standard InChI is InChI=1S/C6H8O2.H4N2/c1-2-3-4-5-6(7)8;1-2/h2-5H,1H3,(H,7,8);1-2H2. The topological polar surface area (TPSA) is 89.3 Å². The number of hydrogen-bond acceptors (Lipinski definition) is 3. The number of carboxylic acid groups (broad SMARTS) is 1. The first-order valence-electron chi connectivity index (χ1n) is 2.63. The molecular formula is C6H12N2O2. The van der Waals surface area contributed by atoms with E-state index in [1.165, 1.54) is 6.08 Å². The minimum Gasteiger partial charge on any atom is -0.478 e. The van der Waals surface area contributed by atoms with Crippen molar-refractivity contribution in [3.05, 3.63) is 24.3 Å². The third kappa shape index (κ3) is 15.8. The predicted molar refractivity (Wildman–Crippen MR) is 40.0 cm³/mol. The van der Waals surface area contributed by atoms with E-state index >= 15 is 0 Å². The molecule has 0 heterocycles. The van der Waals surface area contributed by atoms with Crippen LogP contribution in [0.15, 0.2) is 24.3 Å². The van der Waals surface area contributed by atoms with Crippen LogP contribution in [0.2, 0.25) is 0 Å². The van der Waals surface area contributed by atoms with E-state index in [0.717, 1.165) is 6.08 Å². The van der Waals surface area contributed by atoms with Crippen molar-refractivity contribution in [2.45, 2.75) is 6.92 Å². The fourth-order valence-electron chi connectivity index (χ4n) is 0.249. The largest absolute Gasteiger partial charge is 0.478 e. The molecule has 0 spiro atoms. The summed E-state index contributed by atoms with van der Waals surface area (Å²) in [4.78, 5) is 9.75. The maximum Gasteiger partial charge on any atom is 0.328 e. The molecule has 0 radical (unpaired) electrons. The van der Waals surface area contributed by atoms with Crippen LogP contribution in [0.4, 0.5) is 0 Å². The Morgan fingerprint density at radius 1 is 1.40 bits per heavy atom. The van der Waals surface area contributed by atoms with Crippen molar-refractivity contribution in [3.63, 3.8) is 0 Å². The first-order chi connectivity index (χ1) is 4.77. The van der Waals surface area contributed by atoms with Crippen molar-refractivity contribution in [1.82, 2.24) is 0 Å². The van der Waals surface area contributed by atoms with Gasteiger partial charge in [-0.2, -0.15) is 0 Å². The molecule has 4 heteroatoms. The number of hydrazine groups is 1. The zero-order valence-electron chi connectivity index (χ0n) is 5.82. The third-order valence-corrected chi connectivity index (χ3v) is 0.542. The van der Waals surface area contributed by atoms with Crippen LogP contribution in [-0.4, -0.2) is 11.1 Å². The second-order valence-corrected chi connectivity index (χ2v) is 1.22. The van der Waals surface area contributed by atoms with E-state index < -0.39 is 5.97 Å². The third-order valence-electron chi connectivity index (χ3n) is 0.542. The van der Waals surface area contributed by atoms with Gasteiger partial charge >= 0.3 is 5.97 Å². The summed E-state index contributed by atoms with van der Waals surface area (Å²) in [6, 6.07) is 0. The molecule has 0 aliphatic carbocycles. The summed E-state index contributed by atoms with van der Waals surface area (Å²) in [5.74, 6) is 7.09. The Hall–Kier alpha value is -1.13. The van der Waals surface area contributed by atoms with Gasteiger partial charge in [0.25, 0.3) is 0 Å². The van der Waals surface area contributed by atoms with Crippen molar-refractivity contribution >= 4 is 5.97 Å². The van der Waals surface area contributed by atoms with Crippen LogP contribution in [0, 0.1) is 0 Å². The zero-order valence-corrected chi connectivity index (χ0v) is 5.82. The van der Waals surface area contributed by atoms with E-state index in [4.69, 9.17) is 5.11 Å². The molecule has 0 bridgehead atoms. The van der Waals surface area contributed by atoms with Crippen molar-refractivity contribution in [3.8, 4) is 0 Å². The summed E-state index contributed by atoms with van der Waals surface area (Å²) in [6.07, 6.45) is 5.98. The normalized spacial score (nSPS) is 9.50. The molecule has 0 saturated carbocycles. The lowest BCUT2D eigenvalue weighted by Gasteiger charge is -1.72. The van der Waals surface area contributed by atoms with Gasteiger partial charge in [0.05, 0.1) is 0 Å². The first kappa shape index (κ1) is 11.6. The van der Waals surface area contributed by atoms with Crippen LogP contribution in [-0.2, 0) is 4.79 Å². The molecule has 0 aromatic heterocycles. The van der Waals surface area contributed by atoms with Gasteiger partial charge in [0, 0.05) is 6.08 Å². The Labute approximate surface area is 59.8 Å². The summed E-state index contributed by atoms with van der Waals surface area (Å²) in [5.41, 5.74) is 0. The number of allylic oxidation sites excluding steroid dienone is 3. The summed E-state index contributed by atoms with van der Waals surface area (Å²) in [5, 5.41) is 8.02. The summed E-state index contributed by atoms with van der Waals surface area (Å²) in [7, 11) is 0. The van der Waals surface area contributed by atoms with Gasteiger partial charge in [-0.1, -0.05) is 18.2 Å². The molecule has 58 valence electrons. The summed E-state index contributed by atoms with van der Waals surface area (Å²) in [6.45, 7) is 1.83. The van der Waals surface area contributed by atoms with Gasteiger partial charge in [-0.25, -0.2) is 4.79 Å². The molecular weight excluding hydrogens is 132 g/mol. The minimum atomic E-state index is -0.914. The van der Waals surface area contributed by atoms with Gasteiger partial charge in [0.2, 0.25) is 0 Å². The van der Waals surface area contributed by atoms with E-state index in [1.54, 1.807) is 12.2 Å². The fourth-order valence-corrected chi connectivity index (χ4v) is 0.249. The molecule has 10 heavy (non-hydrogen) atoms. The van der Waals surface area contributed by atoms with E-state index in [-0.39, 0.29) is 0 Å². The first-order valence-corrected chi connectivity index (χ1v) is 2.63. The molecule has 0 aliphatic rings. The van der Waals surface area contributed by atoms with E-state index in [1.807, 2.05) is 6.92 Å². The highest BCUT2D eigenvalue weighted by Gasteiger charge is 1.78. The summed E-state index contributed by atoms with van der Waals surface area (Å²) < 4.78 is 0. The summed E-state index contributed by atoms with van der Waals surface area (Å²) >= 11 is 0. The van der Waals surface area contributed by atoms with Crippen molar-refractivity contribution in [2.75, 3.05) is 0 Å². The molecule has 0 atom stereocenters. The minimum absolute atomic E-state index is 0.914. The Bertz CT molecular complexity index is 130. The Kier molecular flexibility index (Phi) is 12.5. The van der Waals surface area contributed by atoms with Gasteiger partial charge < -0.3 is 5.11 Å². The lowest BCUT2D eigenvalue weighted by Crippen LogP contribution is -2.02. The maximum atomic E-state index is 9.75. The number of carbonyl (C=O) groups is 1. The molecule has 5 N–H and O–H groups in total. The van der Waals surface area contributed by atoms with E-state index in [9.17, 15) is 4.79 Å². The van der Waals surface area contributed by atoms with Crippen LogP contribution < -0.4 is 11.7 Å². The van der Waals surface area contributed by atoms with Gasteiger partial charge in [-0.05, 0) is 6.92 Å². The molecule has 0 unspecified atom stereocenters. The molecule has 4 nitrogen and oxygen atoms in total. The Morgan fingerprint density at radius 2 is 1.90 bits per heavy atom. The number of rotatable bonds is 2. The van der Waals surface area contributed by atoms with E-state index in [2.05, 4.69) is 11.7 Å². The lowest BCUT2D eigenvalue weighted by molar-refractivity contribution is -0.131. The van der Waals surface area contributed by atoms with Crippen molar-refractivity contribution < 1.29 is 9.90 Å². The molecule has 0 aliphatic heterocycles. The average molecular weight is 144 g/mol. The SMILES string of the molecule is CC=CC=CC(=O)O.NN. The number of carboxylic acids is 1. The monoisotopic (exact) mass is 144 g/mol. The fraction of sp³-hybridized carbons (Fsp3) is 0.167. The highest BCUT2D eigenvalue weighted by Crippen LogP contribution is 1.74. The second kappa shape index (κ2) is 10.8. The predicted octanol–water partition coefficient (Wildman–Crippen LogP) is 0.0221. The van der Waals surface area contributed by atoms with Gasteiger partial charge in [-0.3, -0.25) is 11.7 Å². The van der Waals surface area contributed by atoms with Crippen molar-refractivity contribution in [1.29, 1.82) is 0 Å². The molecule has 0 saturated heterocycles. The van der Waals surface area contributed by atoms with Crippen molar-refractivity contribution in [2.24, 2.45) is 11.7 Å². The Morgan fingerprint density at radius 3 is 2.20 bits per heavy atom. The molecule has 0 aromatic rings. The number of nitrogens with two attached hydrogens (primary N) is 2. The zero-order chi connectivity index (χ0) is 8.41. The van der Waals surface area contributed by atoms with Crippen LogP contribution in [0.25, 0.3) is 0 Å². The van der Waals surface area contributed by atoms with Gasteiger partial charge in [0.15, 0.2) is 0 Å². The highest BCUT2D eigenvalue weighted by atomic mass is 16.4. The van der Waals surface area contributed by atoms with Crippen LogP contribution in [0.1, 0.15) is 6.92 Å². The quantitative estimate of drug-likeness (QED) is 0.220. The highest BCUT2D eigenvalue weighted by molar-refractivity contribution is 5.80. The maximum absolute atomic E-state index is 9.75. The van der Waals surface area contributed by atoms with Crippen LogP contribution in [0.3, 0.4) is 0 Å². The number of aliphatic carboxylic acids is 1. The smallest absolute Gasteiger partial charge is 0.328 e. The van der Waals surface area contributed by atoms with Gasteiger partial charge in [-0.15, -0.1) is 0 Å². The van der Waals surface area contributed by atoms with Crippen LogP contribution >= 0.6 is 0 Å². The van der Waals surface area contributed by atoms with E-state index in [0.29, 0.717) is 0 Å². The van der Waals surface area contributed by atoms with Crippen LogP contribution in [0.5, 0.6) is 0 Å². The second-order valence-electron chi connectivity index (χ2n) is 1.22. The molecule has 0 rings (SSSR count). The molecule has 0 amide bonds. The average Bonchev–Trinajstić information content (AvgIpc) is 1.92. The Balaban J connectivity index is 0. The molecule has 0 fully saturated rings.